The van der Waals surface area contributed by atoms with Crippen molar-refractivity contribution >= 4 is 11.9 Å². The van der Waals surface area contributed by atoms with Gasteiger partial charge in [-0.2, -0.15) is 0 Å². The molecule has 324 valence electrons. The molecule has 0 aliphatic rings. The number of carbonyl (C=O) groups is 2. The van der Waals surface area contributed by atoms with Gasteiger partial charge in [-0.1, -0.05) is 221 Å². The van der Waals surface area contributed by atoms with E-state index in [1.807, 2.05) is 0 Å². The van der Waals surface area contributed by atoms with Gasteiger partial charge in [-0.15, -0.1) is 0 Å². The van der Waals surface area contributed by atoms with E-state index in [0.29, 0.717) is 12.8 Å². The summed E-state index contributed by atoms with van der Waals surface area (Å²) in [6.07, 6.45) is 49.2. The van der Waals surface area contributed by atoms with Crippen molar-refractivity contribution in [3.05, 3.63) is 0 Å². The normalized spacial score (nSPS) is 11.3. The van der Waals surface area contributed by atoms with Crippen LogP contribution in [0.2, 0.25) is 0 Å². The Labute approximate surface area is 340 Å². The van der Waals surface area contributed by atoms with Gasteiger partial charge in [0.05, 0.1) is 0 Å². The molecule has 0 heterocycles. The molecule has 0 atom stereocenters. The average molecular weight is 765 g/mol. The number of hydrogen-bond acceptors (Lipinski definition) is 4. The SMILES string of the molecule is CCCCCCCCC(CCCCCCCC)OC(=O)CCCCCCC.CCCCCCCCC(CCCCCCCC)OC(=O)CCCCCCC. The molecule has 0 saturated carbocycles. The third-order valence-electron chi connectivity index (χ3n) is 11.1. The first-order valence-corrected chi connectivity index (χ1v) is 24.9. The predicted octanol–water partition coefficient (Wildman–Crippen LogP) is 17.5. The maximum absolute atomic E-state index is 12.2. The summed E-state index contributed by atoms with van der Waals surface area (Å²) < 4.78 is 11.7. The molecule has 54 heavy (non-hydrogen) atoms. The van der Waals surface area contributed by atoms with Gasteiger partial charge in [-0.3, -0.25) is 9.59 Å². The molecule has 0 fully saturated rings. The Bertz CT molecular complexity index is 629. The molecule has 0 unspecified atom stereocenters. The quantitative estimate of drug-likeness (QED) is 0.0459. The smallest absolute Gasteiger partial charge is 0.306 e. The van der Waals surface area contributed by atoms with Gasteiger partial charge in [0.2, 0.25) is 0 Å². The molecule has 0 N–H and O–H groups in total. The summed E-state index contributed by atoms with van der Waals surface area (Å²) in [5.41, 5.74) is 0. The van der Waals surface area contributed by atoms with Crippen LogP contribution in [0.15, 0.2) is 0 Å². The lowest BCUT2D eigenvalue weighted by Crippen LogP contribution is -2.18. The van der Waals surface area contributed by atoms with E-state index in [4.69, 9.17) is 9.47 Å². The van der Waals surface area contributed by atoms with Gasteiger partial charge >= 0.3 is 11.9 Å². The second-order valence-electron chi connectivity index (χ2n) is 16.8. The van der Waals surface area contributed by atoms with E-state index in [0.717, 1.165) is 38.5 Å². The molecular formula is C50H100O4. The average Bonchev–Trinajstić information content (AvgIpc) is 3.17. The number of esters is 2. The van der Waals surface area contributed by atoms with Crippen molar-refractivity contribution in [1.82, 2.24) is 0 Å². The maximum Gasteiger partial charge on any atom is 0.306 e. The monoisotopic (exact) mass is 765 g/mol. The summed E-state index contributed by atoms with van der Waals surface area (Å²) in [6, 6.07) is 0. The van der Waals surface area contributed by atoms with Gasteiger partial charge in [0.25, 0.3) is 0 Å². The minimum atomic E-state index is 0.0495. The maximum atomic E-state index is 12.2. The fourth-order valence-corrected chi connectivity index (χ4v) is 7.37. The van der Waals surface area contributed by atoms with Gasteiger partial charge < -0.3 is 9.47 Å². The van der Waals surface area contributed by atoms with Gasteiger partial charge in [-0.25, -0.2) is 0 Å². The first-order chi connectivity index (χ1) is 26.5. The topological polar surface area (TPSA) is 52.6 Å². The fourth-order valence-electron chi connectivity index (χ4n) is 7.37. The third-order valence-corrected chi connectivity index (χ3v) is 11.1. The van der Waals surface area contributed by atoms with E-state index in [9.17, 15) is 9.59 Å². The van der Waals surface area contributed by atoms with Crippen molar-refractivity contribution in [2.75, 3.05) is 0 Å². The second kappa shape index (κ2) is 48.1. The van der Waals surface area contributed by atoms with E-state index >= 15 is 0 Å². The van der Waals surface area contributed by atoms with Crippen LogP contribution in [0.1, 0.15) is 298 Å². The highest BCUT2D eigenvalue weighted by Gasteiger charge is 2.15. The highest BCUT2D eigenvalue weighted by molar-refractivity contribution is 5.69. The summed E-state index contributed by atoms with van der Waals surface area (Å²) in [4.78, 5) is 24.4. The molecule has 0 aromatic rings. The van der Waals surface area contributed by atoms with E-state index in [-0.39, 0.29) is 24.1 Å². The molecule has 0 rings (SSSR count). The van der Waals surface area contributed by atoms with Crippen molar-refractivity contribution < 1.29 is 19.1 Å². The highest BCUT2D eigenvalue weighted by atomic mass is 16.5. The zero-order chi connectivity index (χ0) is 40.0. The van der Waals surface area contributed by atoms with Crippen LogP contribution in [-0.4, -0.2) is 24.1 Å². The van der Waals surface area contributed by atoms with Crippen LogP contribution >= 0.6 is 0 Å². The first-order valence-electron chi connectivity index (χ1n) is 24.9. The minimum Gasteiger partial charge on any atom is -0.462 e. The second-order valence-corrected chi connectivity index (χ2v) is 16.8. The van der Waals surface area contributed by atoms with Crippen molar-refractivity contribution in [3.8, 4) is 0 Å². The van der Waals surface area contributed by atoms with E-state index in [1.54, 1.807) is 0 Å². The Morgan fingerprint density at radius 1 is 0.278 bits per heavy atom. The first kappa shape index (κ1) is 55.0. The van der Waals surface area contributed by atoms with Gasteiger partial charge in [-0.05, 0) is 64.2 Å². The van der Waals surface area contributed by atoms with Gasteiger partial charge in [0, 0.05) is 12.8 Å². The third kappa shape index (κ3) is 45.3. The van der Waals surface area contributed by atoms with E-state index in [2.05, 4.69) is 41.5 Å². The summed E-state index contributed by atoms with van der Waals surface area (Å²) >= 11 is 0. The Morgan fingerprint density at radius 2 is 0.463 bits per heavy atom. The summed E-state index contributed by atoms with van der Waals surface area (Å²) in [7, 11) is 0. The van der Waals surface area contributed by atoms with Crippen LogP contribution in [0, 0.1) is 0 Å². The van der Waals surface area contributed by atoms with Crippen LogP contribution < -0.4 is 0 Å². The molecule has 0 aliphatic carbocycles. The number of carbonyl (C=O) groups excluding carboxylic acids is 2. The molecular weight excluding hydrogens is 665 g/mol. The molecule has 0 spiro atoms. The largest absolute Gasteiger partial charge is 0.462 e. The van der Waals surface area contributed by atoms with E-state index < -0.39 is 0 Å². The van der Waals surface area contributed by atoms with Gasteiger partial charge in [0.1, 0.15) is 12.2 Å². The van der Waals surface area contributed by atoms with Crippen LogP contribution in [-0.2, 0) is 19.1 Å². The molecule has 0 saturated heterocycles. The summed E-state index contributed by atoms with van der Waals surface area (Å²) in [5.74, 6) is 0.0990. The summed E-state index contributed by atoms with van der Waals surface area (Å²) in [5, 5.41) is 0. The van der Waals surface area contributed by atoms with Crippen LogP contribution in [0.3, 0.4) is 0 Å². The Hall–Kier alpha value is -1.06. The summed E-state index contributed by atoms with van der Waals surface area (Å²) in [6.45, 7) is 13.5. The van der Waals surface area contributed by atoms with Crippen LogP contribution in [0.5, 0.6) is 0 Å². The Morgan fingerprint density at radius 3 is 0.685 bits per heavy atom. The van der Waals surface area contributed by atoms with E-state index in [1.165, 1.54) is 205 Å². The molecule has 0 aromatic carbocycles. The molecule has 0 aromatic heterocycles. The minimum absolute atomic E-state index is 0.0495. The number of rotatable bonds is 42. The highest BCUT2D eigenvalue weighted by Crippen LogP contribution is 2.20. The molecule has 0 bridgehead atoms. The predicted molar refractivity (Wildman–Crippen MR) is 238 cm³/mol. The molecule has 4 nitrogen and oxygen atoms in total. The molecule has 0 aliphatic heterocycles. The van der Waals surface area contributed by atoms with Crippen molar-refractivity contribution in [1.29, 1.82) is 0 Å². The van der Waals surface area contributed by atoms with Crippen molar-refractivity contribution in [3.63, 3.8) is 0 Å². The molecule has 4 heteroatoms. The lowest BCUT2D eigenvalue weighted by atomic mass is 10.0. The standard InChI is InChI=1S/2C25H50O2/c2*1-4-7-10-13-16-18-21-24(22-19-17-14-11-8-5-2)27-25(26)23-20-15-12-9-6-3/h2*24H,4-23H2,1-3H3. The van der Waals surface area contributed by atoms with Crippen LogP contribution in [0.4, 0.5) is 0 Å². The Balaban J connectivity index is 0. The van der Waals surface area contributed by atoms with Crippen molar-refractivity contribution in [2.45, 2.75) is 311 Å². The lowest BCUT2D eigenvalue weighted by molar-refractivity contribution is -0.151. The van der Waals surface area contributed by atoms with Crippen LogP contribution in [0.25, 0.3) is 0 Å². The lowest BCUT2D eigenvalue weighted by Gasteiger charge is -2.18. The van der Waals surface area contributed by atoms with Gasteiger partial charge in [0.15, 0.2) is 0 Å². The Kier molecular flexibility index (Phi) is 49.0. The molecule has 0 radical (unpaired) electrons. The zero-order valence-corrected chi connectivity index (χ0v) is 38.1. The number of hydrogen-bond donors (Lipinski definition) is 0. The van der Waals surface area contributed by atoms with Crippen molar-refractivity contribution in [2.24, 2.45) is 0 Å². The fraction of sp³-hybridized carbons (Fsp3) is 0.960. The zero-order valence-electron chi connectivity index (χ0n) is 38.1. The number of unbranched alkanes of at least 4 members (excludes halogenated alkanes) is 28. The number of ether oxygens (including phenoxy) is 2. The molecule has 0 amide bonds.